The van der Waals surface area contributed by atoms with E-state index < -0.39 is 0 Å². The second-order valence-electron chi connectivity index (χ2n) is 9.72. The molecule has 0 bridgehead atoms. The standard InChI is InChI=1S/C27H49N/c1-5-6-7-8-9-10-11-12-13-14-15-16-17-18-23-28-24-25-19-21-26(22-20-25)27(2,3)4/h19-22,28H,5-18,23-24H2,1-4H3. The normalized spacial score (nSPS) is 11.9. The van der Waals surface area contributed by atoms with Crippen molar-refractivity contribution >= 4 is 0 Å². The van der Waals surface area contributed by atoms with E-state index in [9.17, 15) is 0 Å². The average molecular weight is 388 g/mol. The fourth-order valence-corrected chi connectivity index (χ4v) is 3.80. The molecule has 28 heavy (non-hydrogen) atoms. The lowest BCUT2D eigenvalue weighted by atomic mass is 9.87. The third-order valence-corrected chi connectivity index (χ3v) is 5.86. The van der Waals surface area contributed by atoms with Gasteiger partial charge in [0.05, 0.1) is 0 Å². The van der Waals surface area contributed by atoms with Crippen LogP contribution in [0.4, 0.5) is 0 Å². The monoisotopic (exact) mass is 387 g/mol. The Kier molecular flexibility index (Phi) is 14.4. The molecule has 0 spiro atoms. The van der Waals surface area contributed by atoms with Crippen LogP contribution in [-0.4, -0.2) is 6.54 Å². The summed E-state index contributed by atoms with van der Waals surface area (Å²) in [5.74, 6) is 0. The van der Waals surface area contributed by atoms with E-state index in [2.05, 4.69) is 57.3 Å². The topological polar surface area (TPSA) is 12.0 Å². The highest BCUT2D eigenvalue weighted by molar-refractivity contribution is 5.27. The molecule has 0 aliphatic heterocycles. The highest BCUT2D eigenvalue weighted by Gasteiger charge is 2.12. The molecule has 1 heteroatoms. The molecule has 0 radical (unpaired) electrons. The van der Waals surface area contributed by atoms with Gasteiger partial charge in [-0.3, -0.25) is 0 Å². The second kappa shape index (κ2) is 16.0. The minimum absolute atomic E-state index is 0.250. The predicted octanol–water partition coefficient (Wildman–Crippen LogP) is 8.56. The van der Waals surface area contributed by atoms with Gasteiger partial charge in [0.25, 0.3) is 0 Å². The van der Waals surface area contributed by atoms with Crippen molar-refractivity contribution in [3.8, 4) is 0 Å². The van der Waals surface area contributed by atoms with Crippen LogP contribution in [0.1, 0.15) is 129 Å². The molecular weight excluding hydrogens is 338 g/mol. The lowest BCUT2D eigenvalue weighted by molar-refractivity contribution is 0.529. The Hall–Kier alpha value is -0.820. The molecule has 0 aliphatic carbocycles. The first-order valence-electron chi connectivity index (χ1n) is 12.3. The van der Waals surface area contributed by atoms with Gasteiger partial charge in [-0.1, -0.05) is 135 Å². The maximum atomic E-state index is 3.60. The summed E-state index contributed by atoms with van der Waals surface area (Å²) in [4.78, 5) is 0. The van der Waals surface area contributed by atoms with Gasteiger partial charge in [0.15, 0.2) is 0 Å². The molecular formula is C27H49N. The molecule has 0 atom stereocenters. The van der Waals surface area contributed by atoms with Crippen molar-refractivity contribution in [2.75, 3.05) is 6.54 Å². The van der Waals surface area contributed by atoms with E-state index in [1.807, 2.05) is 0 Å². The number of unbranched alkanes of at least 4 members (excludes halogenated alkanes) is 13. The quantitative estimate of drug-likeness (QED) is 0.264. The van der Waals surface area contributed by atoms with Crippen molar-refractivity contribution in [2.24, 2.45) is 0 Å². The second-order valence-corrected chi connectivity index (χ2v) is 9.72. The van der Waals surface area contributed by atoms with Crippen molar-refractivity contribution in [1.29, 1.82) is 0 Å². The Labute approximate surface area is 177 Å². The summed E-state index contributed by atoms with van der Waals surface area (Å²) in [7, 11) is 0. The lowest BCUT2D eigenvalue weighted by Gasteiger charge is -2.19. The highest BCUT2D eigenvalue weighted by atomic mass is 14.8. The third-order valence-electron chi connectivity index (χ3n) is 5.86. The van der Waals surface area contributed by atoms with Gasteiger partial charge in [0, 0.05) is 6.54 Å². The van der Waals surface area contributed by atoms with E-state index in [0.29, 0.717) is 0 Å². The summed E-state index contributed by atoms with van der Waals surface area (Å²) in [6.07, 6.45) is 20.0. The first kappa shape index (κ1) is 25.2. The molecule has 0 saturated carbocycles. The molecule has 162 valence electrons. The fraction of sp³-hybridized carbons (Fsp3) is 0.778. The Morgan fingerprint density at radius 3 is 1.46 bits per heavy atom. The zero-order chi connectivity index (χ0) is 20.5. The van der Waals surface area contributed by atoms with Crippen LogP contribution in [0.5, 0.6) is 0 Å². The molecule has 0 aliphatic rings. The summed E-state index contributed by atoms with van der Waals surface area (Å²) < 4.78 is 0. The van der Waals surface area contributed by atoms with Gasteiger partial charge in [0.2, 0.25) is 0 Å². The predicted molar refractivity (Wildman–Crippen MR) is 127 cm³/mol. The van der Waals surface area contributed by atoms with E-state index in [0.717, 1.165) is 13.1 Å². The Balaban J connectivity index is 1.84. The number of rotatable bonds is 17. The molecule has 1 N–H and O–H groups in total. The van der Waals surface area contributed by atoms with Crippen molar-refractivity contribution in [2.45, 2.75) is 130 Å². The van der Waals surface area contributed by atoms with E-state index in [1.54, 1.807) is 0 Å². The fourth-order valence-electron chi connectivity index (χ4n) is 3.80. The highest BCUT2D eigenvalue weighted by Crippen LogP contribution is 2.22. The molecule has 1 nitrogen and oxygen atoms in total. The van der Waals surface area contributed by atoms with E-state index in [-0.39, 0.29) is 5.41 Å². The Bertz CT molecular complexity index is 454. The molecule has 0 saturated heterocycles. The van der Waals surface area contributed by atoms with Crippen LogP contribution in [0.25, 0.3) is 0 Å². The number of hydrogen-bond acceptors (Lipinski definition) is 1. The van der Waals surface area contributed by atoms with Crippen LogP contribution < -0.4 is 5.32 Å². The van der Waals surface area contributed by atoms with E-state index in [1.165, 1.54) is 101 Å². The van der Waals surface area contributed by atoms with Crippen molar-refractivity contribution in [3.63, 3.8) is 0 Å². The van der Waals surface area contributed by atoms with E-state index >= 15 is 0 Å². The maximum Gasteiger partial charge on any atom is 0.0205 e. The van der Waals surface area contributed by atoms with Crippen LogP contribution in [0.15, 0.2) is 24.3 Å². The molecule has 0 fully saturated rings. The zero-order valence-electron chi connectivity index (χ0n) is 19.6. The van der Waals surface area contributed by atoms with Crippen LogP contribution in [0.2, 0.25) is 0 Å². The maximum absolute atomic E-state index is 3.60. The SMILES string of the molecule is CCCCCCCCCCCCCCCCNCc1ccc(C(C)(C)C)cc1. The van der Waals surface area contributed by atoms with Gasteiger partial charge >= 0.3 is 0 Å². The summed E-state index contributed by atoms with van der Waals surface area (Å²) in [5, 5.41) is 3.60. The van der Waals surface area contributed by atoms with Crippen molar-refractivity contribution in [1.82, 2.24) is 5.32 Å². The van der Waals surface area contributed by atoms with Crippen LogP contribution >= 0.6 is 0 Å². The molecule has 0 unspecified atom stereocenters. The van der Waals surface area contributed by atoms with Gasteiger partial charge in [-0.2, -0.15) is 0 Å². The largest absolute Gasteiger partial charge is 0.313 e. The minimum atomic E-state index is 0.250. The lowest BCUT2D eigenvalue weighted by Crippen LogP contribution is -2.15. The Morgan fingerprint density at radius 1 is 0.607 bits per heavy atom. The first-order chi connectivity index (χ1) is 13.5. The number of benzene rings is 1. The molecule has 1 rings (SSSR count). The molecule has 1 aromatic rings. The van der Waals surface area contributed by atoms with Gasteiger partial charge in [-0.25, -0.2) is 0 Å². The third kappa shape index (κ3) is 13.4. The van der Waals surface area contributed by atoms with Gasteiger partial charge in [-0.05, 0) is 29.5 Å². The number of hydrogen-bond donors (Lipinski definition) is 1. The zero-order valence-corrected chi connectivity index (χ0v) is 19.6. The first-order valence-corrected chi connectivity index (χ1v) is 12.3. The van der Waals surface area contributed by atoms with Crippen molar-refractivity contribution in [3.05, 3.63) is 35.4 Å². The van der Waals surface area contributed by atoms with E-state index in [4.69, 9.17) is 0 Å². The summed E-state index contributed by atoms with van der Waals surface area (Å²) >= 11 is 0. The molecule has 1 aromatic carbocycles. The van der Waals surface area contributed by atoms with Gasteiger partial charge < -0.3 is 5.32 Å². The molecule has 0 aromatic heterocycles. The summed E-state index contributed by atoms with van der Waals surface area (Å²) in [6.45, 7) is 11.3. The summed E-state index contributed by atoms with van der Waals surface area (Å²) in [5.41, 5.74) is 3.07. The van der Waals surface area contributed by atoms with Crippen LogP contribution in [-0.2, 0) is 12.0 Å². The number of nitrogens with one attached hydrogen (secondary N) is 1. The molecule has 0 heterocycles. The smallest absolute Gasteiger partial charge is 0.0205 e. The average Bonchev–Trinajstić information content (AvgIpc) is 2.67. The summed E-state index contributed by atoms with van der Waals surface area (Å²) in [6, 6.07) is 9.12. The van der Waals surface area contributed by atoms with Gasteiger partial charge in [0.1, 0.15) is 0 Å². The molecule has 0 amide bonds. The minimum Gasteiger partial charge on any atom is -0.313 e. The van der Waals surface area contributed by atoms with Crippen LogP contribution in [0.3, 0.4) is 0 Å². The Morgan fingerprint density at radius 2 is 1.04 bits per heavy atom. The van der Waals surface area contributed by atoms with Crippen LogP contribution in [0, 0.1) is 0 Å². The van der Waals surface area contributed by atoms with Crippen molar-refractivity contribution < 1.29 is 0 Å². The van der Waals surface area contributed by atoms with Gasteiger partial charge in [-0.15, -0.1) is 0 Å².